The van der Waals surface area contributed by atoms with E-state index in [0.717, 1.165) is 11.4 Å². The van der Waals surface area contributed by atoms with Crippen molar-refractivity contribution in [2.45, 2.75) is 20.3 Å². The fraction of sp³-hybridized carbons (Fsp3) is 0.316. The SMILES string of the molecule is COc1ccc(C(=O)COC(=O)Cc2nc3nc(C)cc(C)n3n2)c(OC)c1. The van der Waals surface area contributed by atoms with Crippen LogP contribution in [0, 0.1) is 13.8 Å². The summed E-state index contributed by atoms with van der Waals surface area (Å²) in [4.78, 5) is 33.0. The number of rotatable bonds is 7. The summed E-state index contributed by atoms with van der Waals surface area (Å²) < 4.78 is 16.9. The van der Waals surface area contributed by atoms with Crippen molar-refractivity contribution in [3.05, 3.63) is 47.0 Å². The highest BCUT2D eigenvalue weighted by atomic mass is 16.5. The quantitative estimate of drug-likeness (QED) is 0.448. The molecule has 146 valence electrons. The van der Waals surface area contributed by atoms with Crippen LogP contribution in [-0.4, -0.2) is 52.2 Å². The van der Waals surface area contributed by atoms with Gasteiger partial charge in [-0.3, -0.25) is 9.59 Å². The summed E-state index contributed by atoms with van der Waals surface area (Å²) in [6, 6.07) is 6.65. The summed E-state index contributed by atoms with van der Waals surface area (Å²) in [5.74, 6) is 0.608. The number of esters is 1. The predicted octanol–water partition coefficient (Wildman–Crippen LogP) is 1.73. The molecule has 1 aromatic carbocycles. The third-order valence-corrected chi connectivity index (χ3v) is 4.04. The number of fused-ring (bicyclic) bond motifs is 1. The first kappa shape index (κ1) is 19.3. The van der Waals surface area contributed by atoms with Gasteiger partial charge in [0.25, 0.3) is 5.78 Å². The Hall–Kier alpha value is -3.49. The van der Waals surface area contributed by atoms with E-state index in [1.54, 1.807) is 22.7 Å². The van der Waals surface area contributed by atoms with E-state index in [0.29, 0.717) is 22.8 Å². The average Bonchev–Trinajstić information content (AvgIpc) is 3.08. The third-order valence-electron chi connectivity index (χ3n) is 4.04. The minimum Gasteiger partial charge on any atom is -0.497 e. The Bertz CT molecular complexity index is 1040. The Morgan fingerprint density at radius 1 is 1.07 bits per heavy atom. The maximum atomic E-state index is 12.4. The van der Waals surface area contributed by atoms with Crippen molar-refractivity contribution in [2.75, 3.05) is 20.8 Å². The van der Waals surface area contributed by atoms with E-state index in [4.69, 9.17) is 14.2 Å². The minimum atomic E-state index is -0.605. The second-order valence-electron chi connectivity index (χ2n) is 6.11. The highest BCUT2D eigenvalue weighted by Gasteiger charge is 2.17. The van der Waals surface area contributed by atoms with E-state index in [1.165, 1.54) is 14.2 Å². The zero-order chi connectivity index (χ0) is 20.3. The Balaban J connectivity index is 1.64. The highest BCUT2D eigenvalue weighted by Crippen LogP contribution is 2.25. The van der Waals surface area contributed by atoms with Crippen LogP contribution in [0.25, 0.3) is 5.78 Å². The largest absolute Gasteiger partial charge is 0.497 e. The number of aryl methyl sites for hydroxylation is 2. The monoisotopic (exact) mass is 384 g/mol. The molecule has 0 amide bonds. The van der Waals surface area contributed by atoms with Crippen LogP contribution in [-0.2, 0) is 16.0 Å². The van der Waals surface area contributed by atoms with Gasteiger partial charge >= 0.3 is 5.97 Å². The molecule has 2 heterocycles. The van der Waals surface area contributed by atoms with Crippen molar-refractivity contribution < 1.29 is 23.8 Å². The Morgan fingerprint density at radius 3 is 2.57 bits per heavy atom. The van der Waals surface area contributed by atoms with Gasteiger partial charge in [-0.1, -0.05) is 0 Å². The number of aromatic nitrogens is 4. The number of ether oxygens (including phenoxy) is 3. The molecule has 0 bridgehead atoms. The molecular weight excluding hydrogens is 364 g/mol. The molecule has 0 aliphatic carbocycles. The van der Waals surface area contributed by atoms with Crippen molar-refractivity contribution in [3.8, 4) is 11.5 Å². The number of hydrogen-bond acceptors (Lipinski definition) is 8. The van der Waals surface area contributed by atoms with Crippen LogP contribution in [0.1, 0.15) is 27.6 Å². The smallest absolute Gasteiger partial charge is 0.314 e. The number of nitrogens with zero attached hydrogens (tertiary/aromatic N) is 4. The van der Waals surface area contributed by atoms with Gasteiger partial charge < -0.3 is 14.2 Å². The molecule has 3 aromatic rings. The lowest BCUT2D eigenvalue weighted by molar-refractivity contribution is -0.141. The first-order valence-electron chi connectivity index (χ1n) is 8.52. The van der Waals surface area contributed by atoms with Gasteiger partial charge in [-0.25, -0.2) is 9.50 Å². The van der Waals surface area contributed by atoms with Crippen molar-refractivity contribution in [1.82, 2.24) is 19.6 Å². The van der Waals surface area contributed by atoms with Gasteiger partial charge in [0.1, 0.15) is 17.9 Å². The molecule has 2 aromatic heterocycles. The molecule has 0 radical (unpaired) electrons. The maximum absolute atomic E-state index is 12.4. The lowest BCUT2D eigenvalue weighted by Crippen LogP contribution is -2.17. The second-order valence-corrected chi connectivity index (χ2v) is 6.11. The summed E-state index contributed by atoms with van der Waals surface area (Å²) in [7, 11) is 2.97. The van der Waals surface area contributed by atoms with E-state index in [9.17, 15) is 9.59 Å². The molecular formula is C19H20N4O5. The maximum Gasteiger partial charge on any atom is 0.314 e. The second kappa shape index (κ2) is 8.03. The molecule has 3 rings (SSSR count). The van der Waals surface area contributed by atoms with Crippen LogP contribution in [0.2, 0.25) is 0 Å². The molecule has 0 saturated heterocycles. The number of carbonyl (C=O) groups excluding carboxylic acids is 2. The summed E-state index contributed by atoms with van der Waals surface area (Å²) >= 11 is 0. The van der Waals surface area contributed by atoms with Crippen LogP contribution in [0.4, 0.5) is 0 Å². The van der Waals surface area contributed by atoms with Gasteiger partial charge in [0, 0.05) is 17.5 Å². The van der Waals surface area contributed by atoms with Crippen LogP contribution in [0.3, 0.4) is 0 Å². The normalized spacial score (nSPS) is 10.7. The molecule has 9 heteroatoms. The van der Waals surface area contributed by atoms with Crippen LogP contribution in [0.15, 0.2) is 24.3 Å². The Kier molecular flexibility index (Phi) is 5.53. The highest BCUT2D eigenvalue weighted by molar-refractivity contribution is 6.00. The van der Waals surface area contributed by atoms with Crippen LogP contribution < -0.4 is 9.47 Å². The number of methoxy groups -OCH3 is 2. The lowest BCUT2D eigenvalue weighted by atomic mass is 10.1. The van der Waals surface area contributed by atoms with Gasteiger partial charge in [-0.2, -0.15) is 4.98 Å². The predicted molar refractivity (Wildman–Crippen MR) is 98.8 cm³/mol. The Labute approximate surface area is 161 Å². The van der Waals surface area contributed by atoms with Gasteiger partial charge in [0.2, 0.25) is 5.78 Å². The van der Waals surface area contributed by atoms with Crippen molar-refractivity contribution in [2.24, 2.45) is 0 Å². The number of ketones is 1. The van der Waals surface area contributed by atoms with Crippen LogP contribution >= 0.6 is 0 Å². The summed E-state index contributed by atoms with van der Waals surface area (Å²) in [5, 5.41) is 4.25. The van der Waals surface area contributed by atoms with E-state index >= 15 is 0 Å². The summed E-state index contributed by atoms with van der Waals surface area (Å²) in [5.41, 5.74) is 1.97. The number of benzene rings is 1. The zero-order valence-corrected chi connectivity index (χ0v) is 16.1. The molecule has 0 atom stereocenters. The summed E-state index contributed by atoms with van der Waals surface area (Å²) in [6.07, 6.45) is -0.158. The molecule has 0 aliphatic heterocycles. The van der Waals surface area contributed by atoms with Gasteiger partial charge in [-0.15, -0.1) is 5.10 Å². The first-order valence-corrected chi connectivity index (χ1v) is 8.52. The molecule has 0 aliphatic rings. The molecule has 0 fully saturated rings. The topological polar surface area (TPSA) is 105 Å². The van der Waals surface area contributed by atoms with Crippen molar-refractivity contribution in [3.63, 3.8) is 0 Å². The molecule has 28 heavy (non-hydrogen) atoms. The lowest BCUT2D eigenvalue weighted by Gasteiger charge is -2.09. The van der Waals surface area contributed by atoms with E-state index in [-0.39, 0.29) is 18.0 Å². The van der Waals surface area contributed by atoms with Crippen molar-refractivity contribution >= 4 is 17.5 Å². The van der Waals surface area contributed by atoms with E-state index in [1.807, 2.05) is 19.9 Å². The zero-order valence-electron chi connectivity index (χ0n) is 16.1. The number of Topliss-reactive ketones (excluding diaryl/α,β-unsaturated/α-hetero) is 1. The van der Waals surface area contributed by atoms with Crippen LogP contribution in [0.5, 0.6) is 11.5 Å². The number of carbonyl (C=O) groups is 2. The minimum absolute atomic E-state index is 0.158. The molecule has 0 saturated carbocycles. The molecule has 9 nitrogen and oxygen atoms in total. The molecule has 0 unspecified atom stereocenters. The van der Waals surface area contributed by atoms with E-state index < -0.39 is 12.6 Å². The number of hydrogen-bond donors (Lipinski definition) is 0. The Morgan fingerprint density at radius 2 is 1.86 bits per heavy atom. The standard InChI is InChI=1S/C19H20N4O5/c1-11-7-12(2)23-19(20-11)21-17(22-23)9-18(25)28-10-15(24)14-6-5-13(26-3)8-16(14)27-4/h5-8H,9-10H2,1-4H3. The average molecular weight is 384 g/mol. The van der Waals surface area contributed by atoms with E-state index in [2.05, 4.69) is 15.1 Å². The fourth-order valence-corrected chi connectivity index (χ4v) is 2.72. The summed E-state index contributed by atoms with van der Waals surface area (Å²) in [6.45, 7) is 3.32. The van der Waals surface area contributed by atoms with Gasteiger partial charge in [-0.05, 0) is 32.0 Å². The van der Waals surface area contributed by atoms with Gasteiger partial charge in [0.05, 0.1) is 19.8 Å². The van der Waals surface area contributed by atoms with Crippen molar-refractivity contribution in [1.29, 1.82) is 0 Å². The first-order chi connectivity index (χ1) is 13.4. The van der Waals surface area contributed by atoms with Gasteiger partial charge in [0.15, 0.2) is 12.4 Å². The fourth-order valence-electron chi connectivity index (χ4n) is 2.72. The molecule has 0 spiro atoms. The molecule has 0 N–H and O–H groups in total. The third kappa shape index (κ3) is 4.08.